The molecular weight excluding hydrogens is 496 g/mol. The molecule has 0 radical (unpaired) electrons. The number of amides is 2. The molecule has 4 rings (SSSR count). The molecule has 1 aliphatic heterocycles. The summed E-state index contributed by atoms with van der Waals surface area (Å²) in [5.74, 6) is -1.16. The maximum atomic E-state index is 13.4. The average Bonchev–Trinajstić information content (AvgIpc) is 2.97. The smallest absolute Gasteiger partial charge is 0.305 e. The van der Waals surface area contributed by atoms with E-state index >= 15 is 0 Å². The number of carbonyl (C=O) groups is 3. The van der Waals surface area contributed by atoms with E-state index in [1.165, 1.54) is 9.80 Å². The van der Waals surface area contributed by atoms with E-state index in [-0.39, 0.29) is 50.0 Å². The van der Waals surface area contributed by atoms with E-state index in [9.17, 15) is 14.4 Å². The molecule has 0 fully saturated rings. The lowest BCUT2D eigenvalue weighted by molar-refractivity contribution is -0.137. The molecule has 1 heterocycles. The summed E-state index contributed by atoms with van der Waals surface area (Å²) >= 11 is 6.00. The lowest BCUT2D eigenvalue weighted by Gasteiger charge is -2.23. The Morgan fingerprint density at radius 1 is 1.03 bits per heavy atom. The molecule has 0 unspecified atom stereocenters. The lowest BCUT2D eigenvalue weighted by Crippen LogP contribution is -2.46. The van der Waals surface area contributed by atoms with Crippen LogP contribution in [0.2, 0.25) is 5.02 Å². The molecule has 3 aromatic rings. The molecule has 0 atom stereocenters. The summed E-state index contributed by atoms with van der Waals surface area (Å²) in [6, 6.07) is 19.3. The first-order valence-electron chi connectivity index (χ1n) is 11.5. The molecule has 0 saturated heterocycles. The van der Waals surface area contributed by atoms with Gasteiger partial charge in [-0.1, -0.05) is 35.9 Å². The van der Waals surface area contributed by atoms with Crippen molar-refractivity contribution in [1.82, 2.24) is 4.90 Å². The van der Waals surface area contributed by atoms with Crippen molar-refractivity contribution in [3.8, 4) is 5.75 Å². The van der Waals surface area contributed by atoms with Gasteiger partial charge < -0.3 is 19.6 Å². The highest BCUT2D eigenvalue weighted by atomic mass is 35.5. The number of nitrogens with two attached hydrogens (primary N) is 2. The van der Waals surface area contributed by atoms with Crippen molar-refractivity contribution in [3.63, 3.8) is 0 Å². The molecule has 0 bridgehead atoms. The molecule has 10 heteroatoms. The first-order chi connectivity index (χ1) is 17.7. The van der Waals surface area contributed by atoms with Crippen LogP contribution in [0, 0.1) is 0 Å². The summed E-state index contributed by atoms with van der Waals surface area (Å²) in [5, 5.41) is 15.3. The van der Waals surface area contributed by atoms with Crippen molar-refractivity contribution < 1.29 is 29.6 Å². The van der Waals surface area contributed by atoms with Crippen LogP contribution in [0.25, 0.3) is 0 Å². The zero-order chi connectivity index (χ0) is 26.5. The van der Waals surface area contributed by atoms with Gasteiger partial charge in [-0.05, 0) is 53.6 Å². The number of carbonyl (C=O) groups excluding carboxylic acids is 2. The number of rotatable bonds is 9. The van der Waals surface area contributed by atoms with Gasteiger partial charge in [-0.2, -0.15) is 0 Å². The number of aliphatic carboxylic acids is 1. The zero-order valence-corrected chi connectivity index (χ0v) is 20.6. The minimum atomic E-state index is -1.06. The van der Waals surface area contributed by atoms with Crippen LogP contribution in [0.4, 0.5) is 5.69 Å². The summed E-state index contributed by atoms with van der Waals surface area (Å²) in [5.41, 5.74) is 8.69. The predicted octanol–water partition coefficient (Wildman–Crippen LogP) is 1.85. The zero-order valence-electron chi connectivity index (χ0n) is 19.9. The second-order valence-corrected chi connectivity index (χ2v) is 9.03. The Balaban J connectivity index is 1.62. The molecule has 0 spiro atoms. The molecule has 190 valence electrons. The van der Waals surface area contributed by atoms with Gasteiger partial charge in [-0.15, -0.1) is 0 Å². The molecule has 5 N–H and O–H groups in total. The standard InChI is InChI=1S/C27H25ClN4O5/c28-20-7-3-17(4-8-20)14-32-23-10-9-21(37-16-18-1-5-19(6-2-18)26(29)30)13-22(23)27(36)31(15-24(32)33)12-11-25(34)35/h1-10,13H,11-12,14-16H2,(H3,29,30)(H,34,35)/p+1. The maximum Gasteiger partial charge on any atom is 0.305 e. The monoisotopic (exact) mass is 521 g/mol. The van der Waals surface area contributed by atoms with Crippen molar-refractivity contribution in [2.45, 2.75) is 19.6 Å². The topological polar surface area (TPSA) is 139 Å². The van der Waals surface area contributed by atoms with Gasteiger partial charge in [0.1, 0.15) is 18.9 Å². The summed E-state index contributed by atoms with van der Waals surface area (Å²) in [7, 11) is 0. The summed E-state index contributed by atoms with van der Waals surface area (Å²) in [6.07, 6.45) is -0.275. The van der Waals surface area contributed by atoms with E-state index < -0.39 is 11.9 Å². The SMILES string of the molecule is NC(=[NH2+])c1ccc(COc2ccc3c(c2)C(=O)N(CCC(=O)O)CC(=O)N3Cc2ccc(Cl)cc2)cc1. The predicted molar refractivity (Wildman–Crippen MR) is 138 cm³/mol. The Bertz CT molecular complexity index is 1340. The highest BCUT2D eigenvalue weighted by Crippen LogP contribution is 2.31. The fourth-order valence-electron chi connectivity index (χ4n) is 3.95. The Labute approximate surface area is 218 Å². The molecule has 9 nitrogen and oxygen atoms in total. The molecule has 3 aromatic carbocycles. The van der Waals surface area contributed by atoms with Crippen LogP contribution in [0.1, 0.15) is 33.5 Å². The lowest BCUT2D eigenvalue weighted by atomic mass is 10.1. The van der Waals surface area contributed by atoms with Crippen LogP contribution in [-0.4, -0.2) is 46.7 Å². The van der Waals surface area contributed by atoms with E-state index in [0.717, 1.165) is 11.1 Å². The fraction of sp³-hybridized carbons (Fsp3) is 0.185. The molecule has 2 amide bonds. The summed E-state index contributed by atoms with van der Waals surface area (Å²) in [4.78, 5) is 40.6. The second-order valence-electron chi connectivity index (χ2n) is 8.60. The molecular formula is C27H26ClN4O5+. The Morgan fingerprint density at radius 2 is 1.70 bits per heavy atom. The first-order valence-corrected chi connectivity index (χ1v) is 11.9. The molecule has 0 aromatic heterocycles. The highest BCUT2D eigenvalue weighted by molar-refractivity contribution is 6.30. The van der Waals surface area contributed by atoms with Gasteiger partial charge >= 0.3 is 5.97 Å². The number of carboxylic acid groups (broad SMARTS) is 1. The highest BCUT2D eigenvalue weighted by Gasteiger charge is 2.32. The van der Waals surface area contributed by atoms with Crippen molar-refractivity contribution in [2.24, 2.45) is 5.73 Å². The Morgan fingerprint density at radius 3 is 2.35 bits per heavy atom. The van der Waals surface area contributed by atoms with Gasteiger partial charge in [0, 0.05) is 11.6 Å². The summed E-state index contributed by atoms with van der Waals surface area (Å²) < 4.78 is 5.92. The van der Waals surface area contributed by atoms with Gasteiger partial charge in [0.15, 0.2) is 0 Å². The van der Waals surface area contributed by atoms with Crippen LogP contribution >= 0.6 is 11.6 Å². The third kappa shape index (κ3) is 6.25. The van der Waals surface area contributed by atoms with E-state index in [1.54, 1.807) is 42.5 Å². The van der Waals surface area contributed by atoms with Crippen molar-refractivity contribution in [3.05, 3.63) is 94.0 Å². The quantitative estimate of drug-likeness (QED) is 0.290. The average molecular weight is 522 g/mol. The largest absolute Gasteiger partial charge is 0.489 e. The van der Waals surface area contributed by atoms with Crippen LogP contribution in [-0.2, 0) is 22.7 Å². The van der Waals surface area contributed by atoms with E-state index in [1.807, 2.05) is 24.3 Å². The normalized spacial score (nSPS) is 13.2. The van der Waals surface area contributed by atoms with Crippen LogP contribution in [0.5, 0.6) is 5.75 Å². The summed E-state index contributed by atoms with van der Waals surface area (Å²) in [6.45, 7) is 0.121. The molecule has 0 aliphatic carbocycles. The number of benzene rings is 3. The molecule has 0 saturated carbocycles. The minimum Gasteiger partial charge on any atom is -0.489 e. The Kier molecular flexibility index (Phi) is 7.74. The first kappa shape index (κ1) is 25.7. The van der Waals surface area contributed by atoms with Crippen molar-refractivity contribution in [1.29, 1.82) is 0 Å². The van der Waals surface area contributed by atoms with Gasteiger partial charge in [-0.25, -0.2) is 0 Å². The number of halogens is 1. The van der Waals surface area contributed by atoms with Crippen molar-refractivity contribution >= 4 is 40.9 Å². The van der Waals surface area contributed by atoms with E-state index in [0.29, 0.717) is 22.0 Å². The van der Waals surface area contributed by atoms with Gasteiger partial charge in [0.05, 0.1) is 29.8 Å². The van der Waals surface area contributed by atoms with E-state index in [4.69, 9.17) is 32.6 Å². The van der Waals surface area contributed by atoms with Crippen LogP contribution in [0.3, 0.4) is 0 Å². The number of hydrogen-bond acceptors (Lipinski definition) is 4. The molecule has 1 aliphatic rings. The fourth-order valence-corrected chi connectivity index (χ4v) is 4.08. The third-order valence-corrected chi connectivity index (χ3v) is 6.20. The number of fused-ring (bicyclic) bond motifs is 1. The minimum absolute atomic E-state index is 0.0904. The van der Waals surface area contributed by atoms with Gasteiger partial charge in [0.2, 0.25) is 5.91 Å². The van der Waals surface area contributed by atoms with Gasteiger partial charge in [-0.3, -0.25) is 25.5 Å². The number of ether oxygens (including phenoxy) is 1. The number of anilines is 1. The number of hydrogen-bond donors (Lipinski definition) is 3. The number of amidine groups is 1. The number of carboxylic acids is 1. The van der Waals surface area contributed by atoms with Crippen LogP contribution in [0.15, 0.2) is 66.7 Å². The van der Waals surface area contributed by atoms with E-state index in [2.05, 4.69) is 0 Å². The maximum absolute atomic E-state index is 13.4. The van der Waals surface area contributed by atoms with Crippen molar-refractivity contribution in [2.75, 3.05) is 18.0 Å². The Hall–Kier alpha value is -4.37. The van der Waals surface area contributed by atoms with Gasteiger partial charge in [0.25, 0.3) is 11.7 Å². The molecule has 37 heavy (non-hydrogen) atoms. The number of nitrogens with zero attached hydrogens (tertiary/aromatic N) is 2. The second kappa shape index (κ2) is 11.1. The van der Waals surface area contributed by atoms with Crippen LogP contribution < -0.4 is 20.8 Å². The third-order valence-electron chi connectivity index (χ3n) is 5.95.